The fourth-order valence-electron chi connectivity index (χ4n) is 4.41. The van der Waals surface area contributed by atoms with Crippen LogP contribution in [0.5, 0.6) is 12.0 Å². The van der Waals surface area contributed by atoms with Gasteiger partial charge in [-0.2, -0.15) is 24.9 Å². The smallest absolute Gasteiger partial charge is 0.350 e. The van der Waals surface area contributed by atoms with Gasteiger partial charge in [0, 0.05) is 18.2 Å². The van der Waals surface area contributed by atoms with Gasteiger partial charge in [-0.3, -0.25) is 0 Å². The van der Waals surface area contributed by atoms with E-state index < -0.39 is 16.9 Å². The molecule has 308 valence electrons. The van der Waals surface area contributed by atoms with Crippen LogP contribution >= 0.6 is 46.4 Å². The molecule has 0 radical (unpaired) electrons. The van der Waals surface area contributed by atoms with Crippen LogP contribution < -0.4 is 26.6 Å². The van der Waals surface area contributed by atoms with E-state index in [4.69, 9.17) is 74.5 Å². The van der Waals surface area contributed by atoms with E-state index in [1.807, 2.05) is 20.8 Å². The van der Waals surface area contributed by atoms with Gasteiger partial charge in [0.15, 0.2) is 0 Å². The minimum Gasteiger partial charge on any atom is -0.411 e. The van der Waals surface area contributed by atoms with E-state index in [0.717, 1.165) is 16.7 Å². The molecule has 0 saturated heterocycles. The quantitative estimate of drug-likeness (QED) is 0.0520. The molecule has 0 unspecified atom stereocenters. The van der Waals surface area contributed by atoms with E-state index in [-0.39, 0.29) is 49.9 Å². The first kappa shape index (κ1) is 46.8. The van der Waals surface area contributed by atoms with Crippen molar-refractivity contribution in [3.8, 4) is 12.0 Å². The maximum atomic E-state index is 11.4. The molecule has 0 saturated carbocycles. The molecule has 0 aliphatic rings. The molecule has 0 spiro atoms. The molecular weight excluding hydrogens is 844 g/mol. The molecule has 18 nitrogen and oxygen atoms in total. The van der Waals surface area contributed by atoms with E-state index in [1.165, 1.54) is 18.2 Å². The first-order valence-corrected chi connectivity index (χ1v) is 18.6. The standard InChI is InChI=1S/2C12H12ClN3O3.C9H6Cl2N2O2.C3H7NO/c2*1-4-7-5-8(17)18-11-9(7)10(13)14-12(15-11)19-16-6(2)3;1-2-4-3-5(14)15-8-6(4)7(10)12-9(11)13-8;1-3(2)4-5/h2*5H,4H2,1-3H3;3H,2H2,1H3;5H,1-2H3. The summed E-state index contributed by atoms with van der Waals surface area (Å²) in [4.78, 5) is 67.5. The predicted octanol–water partition coefficient (Wildman–Crippen LogP) is 8.46. The second kappa shape index (κ2) is 21.8. The lowest BCUT2D eigenvalue weighted by atomic mass is 10.1. The molecule has 58 heavy (non-hydrogen) atoms. The zero-order valence-electron chi connectivity index (χ0n) is 32.6. The Morgan fingerprint density at radius 1 is 0.552 bits per heavy atom. The summed E-state index contributed by atoms with van der Waals surface area (Å²) in [6.07, 6.45) is 1.89. The van der Waals surface area contributed by atoms with Gasteiger partial charge in [0.2, 0.25) is 22.4 Å². The Bertz CT molecular complexity index is 2560. The number of hydrogen-bond donors (Lipinski definition) is 1. The van der Waals surface area contributed by atoms with Crippen LogP contribution in [-0.4, -0.2) is 52.2 Å². The fourth-order valence-corrected chi connectivity index (χ4v) is 5.45. The van der Waals surface area contributed by atoms with Crippen molar-refractivity contribution in [1.29, 1.82) is 0 Å². The van der Waals surface area contributed by atoms with E-state index in [2.05, 4.69) is 45.4 Å². The van der Waals surface area contributed by atoms with Gasteiger partial charge in [-0.15, -0.1) is 0 Å². The summed E-state index contributed by atoms with van der Waals surface area (Å²) in [6.45, 7) is 16.2. The van der Waals surface area contributed by atoms with Crippen LogP contribution in [0, 0.1) is 0 Å². The van der Waals surface area contributed by atoms with Gasteiger partial charge in [-0.25, -0.2) is 19.4 Å². The third kappa shape index (κ3) is 13.3. The van der Waals surface area contributed by atoms with Gasteiger partial charge in [0.1, 0.15) is 15.5 Å². The van der Waals surface area contributed by atoms with Crippen LogP contribution in [-0.2, 0) is 19.3 Å². The van der Waals surface area contributed by atoms with Gasteiger partial charge < -0.3 is 28.1 Å². The minimum atomic E-state index is -0.486. The third-order valence-electron chi connectivity index (χ3n) is 6.82. The Morgan fingerprint density at radius 2 is 0.862 bits per heavy atom. The van der Waals surface area contributed by atoms with E-state index in [0.29, 0.717) is 52.6 Å². The maximum absolute atomic E-state index is 11.4. The first-order chi connectivity index (χ1) is 27.4. The van der Waals surface area contributed by atoms with Crippen molar-refractivity contribution in [2.24, 2.45) is 15.5 Å². The van der Waals surface area contributed by atoms with E-state index >= 15 is 0 Å². The number of fused-ring (bicyclic) bond motifs is 3. The molecule has 0 amide bonds. The lowest BCUT2D eigenvalue weighted by molar-refractivity contribution is 0.311. The Morgan fingerprint density at radius 3 is 1.16 bits per heavy atom. The van der Waals surface area contributed by atoms with Gasteiger partial charge >= 0.3 is 28.9 Å². The molecule has 0 aliphatic heterocycles. The van der Waals surface area contributed by atoms with Crippen LogP contribution in [0.2, 0.25) is 20.7 Å². The average Bonchev–Trinajstić information content (AvgIpc) is 3.15. The maximum Gasteiger partial charge on any atom is 0.350 e. The third-order valence-corrected chi connectivity index (χ3v) is 7.81. The normalized spacial score (nSPS) is 10.3. The summed E-state index contributed by atoms with van der Waals surface area (Å²) in [6, 6.07) is 4.02. The average molecular weight is 882 g/mol. The summed E-state index contributed by atoms with van der Waals surface area (Å²) in [5.41, 5.74) is 3.19. The molecule has 6 aromatic heterocycles. The minimum absolute atomic E-state index is 0.0381. The van der Waals surface area contributed by atoms with Crippen molar-refractivity contribution >= 4 is 96.8 Å². The highest BCUT2D eigenvalue weighted by atomic mass is 35.5. The number of rotatable bonds is 7. The summed E-state index contributed by atoms with van der Waals surface area (Å²) >= 11 is 23.6. The fraction of sp³-hybridized carbons (Fsp3) is 0.333. The number of oxime groups is 3. The highest BCUT2D eigenvalue weighted by Gasteiger charge is 2.16. The Kier molecular flexibility index (Phi) is 17.6. The van der Waals surface area contributed by atoms with Crippen LogP contribution in [0.3, 0.4) is 0 Å². The molecule has 6 rings (SSSR count). The van der Waals surface area contributed by atoms with Gasteiger partial charge in [0.05, 0.1) is 33.3 Å². The highest BCUT2D eigenvalue weighted by molar-refractivity contribution is 6.36. The van der Waals surface area contributed by atoms with Crippen LogP contribution in [0.4, 0.5) is 0 Å². The number of halogens is 4. The molecule has 6 heterocycles. The van der Waals surface area contributed by atoms with E-state index in [1.54, 1.807) is 41.5 Å². The van der Waals surface area contributed by atoms with Crippen molar-refractivity contribution in [3.05, 3.63) is 86.9 Å². The highest BCUT2D eigenvalue weighted by Crippen LogP contribution is 2.27. The van der Waals surface area contributed by atoms with Crippen molar-refractivity contribution in [2.75, 3.05) is 0 Å². The van der Waals surface area contributed by atoms with Crippen LogP contribution in [0.15, 0.2) is 61.3 Å². The SMILES string of the molecule is CC(C)=NO.CCc1cc(=O)oc2nc(Cl)nc(Cl)c12.CCc1cc(=O)oc2nc(ON=C(C)C)nc(Cl)c12.CCc1cc(=O)oc2nc(ON=C(C)C)nc(Cl)c12. The monoisotopic (exact) mass is 879 g/mol. The van der Waals surface area contributed by atoms with Crippen molar-refractivity contribution in [3.63, 3.8) is 0 Å². The first-order valence-electron chi connectivity index (χ1n) is 17.1. The second-order valence-electron chi connectivity index (χ2n) is 12.1. The number of aryl methyl sites for hydroxylation is 3. The second-order valence-corrected chi connectivity index (χ2v) is 13.5. The summed E-state index contributed by atoms with van der Waals surface area (Å²) in [5, 5.41) is 20.1. The van der Waals surface area contributed by atoms with E-state index in [9.17, 15) is 14.4 Å². The zero-order valence-corrected chi connectivity index (χ0v) is 35.6. The molecule has 0 aliphatic carbocycles. The Balaban J connectivity index is 0.000000221. The van der Waals surface area contributed by atoms with Crippen molar-refractivity contribution < 1.29 is 28.1 Å². The van der Waals surface area contributed by atoms with Crippen molar-refractivity contribution in [1.82, 2.24) is 29.9 Å². The lowest BCUT2D eigenvalue weighted by Crippen LogP contribution is -2.03. The number of nitrogens with zero attached hydrogens (tertiary/aromatic N) is 9. The number of hydrogen-bond acceptors (Lipinski definition) is 18. The Hall–Kier alpha value is -5.56. The molecular formula is C36H37Cl4N9O9. The number of aromatic nitrogens is 6. The molecule has 1 N–H and O–H groups in total. The summed E-state index contributed by atoms with van der Waals surface area (Å²) in [7, 11) is 0. The van der Waals surface area contributed by atoms with Crippen LogP contribution in [0.25, 0.3) is 33.3 Å². The molecule has 6 aromatic rings. The zero-order chi connectivity index (χ0) is 43.3. The van der Waals surface area contributed by atoms with Crippen LogP contribution in [0.1, 0.15) is 79.0 Å². The topological polar surface area (TPSA) is 244 Å². The van der Waals surface area contributed by atoms with Gasteiger partial charge in [-0.1, -0.05) is 71.0 Å². The summed E-state index contributed by atoms with van der Waals surface area (Å²) in [5.74, 6) is 0. The molecule has 0 bridgehead atoms. The lowest BCUT2D eigenvalue weighted by Gasteiger charge is -2.04. The molecule has 0 aromatic carbocycles. The molecule has 0 atom stereocenters. The van der Waals surface area contributed by atoms with Gasteiger partial charge in [-0.05, 0) is 89.1 Å². The van der Waals surface area contributed by atoms with Crippen molar-refractivity contribution in [2.45, 2.75) is 81.6 Å². The molecule has 22 heteroatoms. The Labute approximate surface area is 349 Å². The van der Waals surface area contributed by atoms with Gasteiger partial charge in [0.25, 0.3) is 0 Å². The summed E-state index contributed by atoms with van der Waals surface area (Å²) < 4.78 is 14.9. The molecule has 0 fully saturated rings. The predicted molar refractivity (Wildman–Crippen MR) is 222 cm³/mol. The largest absolute Gasteiger partial charge is 0.411 e.